The summed E-state index contributed by atoms with van der Waals surface area (Å²) in [5.74, 6) is 0.452. The molecule has 0 aliphatic carbocycles. The molecule has 2 heterocycles. The molecule has 0 aliphatic rings. The van der Waals surface area contributed by atoms with Crippen LogP contribution in [0.25, 0.3) is 33.2 Å². The van der Waals surface area contributed by atoms with Crippen LogP contribution in [0.4, 0.5) is 0 Å². The second-order valence-electron chi connectivity index (χ2n) is 7.95. The molecule has 7 heteroatoms. The molecule has 0 bridgehead atoms. The number of hydrogen-bond acceptors (Lipinski definition) is 5. The smallest absolute Gasteiger partial charge is 0.165 e. The predicted molar refractivity (Wildman–Crippen MR) is 125 cm³/mol. The zero-order valence-corrected chi connectivity index (χ0v) is 18.9. The molecule has 0 spiro atoms. The fourth-order valence-electron chi connectivity index (χ4n) is 3.46. The molecule has 31 heavy (non-hydrogen) atoms. The van der Waals surface area contributed by atoms with Crippen LogP contribution in [0, 0.1) is 0 Å². The van der Waals surface area contributed by atoms with Gasteiger partial charge in [-0.15, -0.1) is 0 Å². The summed E-state index contributed by atoms with van der Waals surface area (Å²) in [5.41, 5.74) is 5.09. The third-order valence-corrected chi connectivity index (χ3v) is 7.90. The maximum atomic E-state index is 12.5. The van der Waals surface area contributed by atoms with E-state index in [9.17, 15) is 8.42 Å². The van der Waals surface area contributed by atoms with E-state index in [4.69, 9.17) is 16.2 Å². The van der Waals surface area contributed by atoms with Gasteiger partial charge >= 0.3 is 0 Å². The normalized spacial score (nSPS) is 12.1. The highest BCUT2D eigenvalue weighted by Gasteiger charge is 2.33. The van der Waals surface area contributed by atoms with Gasteiger partial charge < -0.3 is 4.29 Å². The second-order valence-corrected chi connectivity index (χ2v) is 10.7. The molecular weight excluding hydrogens is 432 g/mol. The number of aromatic nitrogens is 2. The Morgan fingerprint density at radius 2 is 1.71 bits per heavy atom. The first-order valence-corrected chi connectivity index (χ1v) is 11.8. The van der Waals surface area contributed by atoms with Gasteiger partial charge in [0, 0.05) is 35.2 Å². The van der Waals surface area contributed by atoms with Gasteiger partial charge in [0.1, 0.15) is 11.9 Å². The van der Waals surface area contributed by atoms with Crippen LogP contribution in [-0.4, -0.2) is 24.6 Å². The number of benzene rings is 2. The largest absolute Gasteiger partial charge is 0.384 e. The lowest BCUT2D eigenvalue weighted by Crippen LogP contribution is -2.28. The molecule has 0 radical (unpaired) electrons. The van der Waals surface area contributed by atoms with Crippen molar-refractivity contribution in [3.8, 4) is 28.0 Å². The summed E-state index contributed by atoms with van der Waals surface area (Å²) in [6.45, 7) is 3.45. The minimum absolute atomic E-state index is 0.452. The Kier molecular flexibility index (Phi) is 5.45. The Labute approximate surface area is 186 Å². The Bertz CT molecular complexity index is 1380. The number of fused-ring (bicyclic) bond motifs is 1. The van der Waals surface area contributed by atoms with E-state index >= 15 is 0 Å². The highest BCUT2D eigenvalue weighted by molar-refractivity contribution is 7.91. The first-order chi connectivity index (χ1) is 14.7. The number of nitrogens with zero attached hydrogens (tertiary/aromatic N) is 2. The summed E-state index contributed by atoms with van der Waals surface area (Å²) in [5, 5.41) is 0.885. The van der Waals surface area contributed by atoms with Crippen LogP contribution in [0.2, 0.25) is 0 Å². The van der Waals surface area contributed by atoms with Gasteiger partial charge in [0.2, 0.25) is 0 Å². The molecule has 5 nitrogen and oxygen atoms in total. The molecular formula is C24H21ClN2O3S. The van der Waals surface area contributed by atoms with E-state index in [2.05, 4.69) is 9.97 Å². The zero-order chi connectivity index (χ0) is 22.2. The fraction of sp³-hybridized carbons (Fsp3) is 0.167. The van der Waals surface area contributed by atoms with Crippen molar-refractivity contribution in [1.82, 2.24) is 9.97 Å². The molecule has 0 fully saturated rings. The fourth-order valence-corrected chi connectivity index (χ4v) is 4.09. The van der Waals surface area contributed by atoms with Crippen molar-refractivity contribution in [3.05, 3.63) is 78.8 Å². The summed E-state index contributed by atoms with van der Waals surface area (Å²) >= 11 is 5.48. The Balaban J connectivity index is 1.94. The van der Waals surface area contributed by atoms with E-state index in [0.29, 0.717) is 5.75 Å². The predicted octanol–water partition coefficient (Wildman–Crippen LogP) is 5.78. The Morgan fingerprint density at radius 1 is 0.935 bits per heavy atom. The lowest BCUT2D eigenvalue weighted by atomic mass is 9.92. The van der Waals surface area contributed by atoms with E-state index in [-0.39, 0.29) is 0 Å². The van der Waals surface area contributed by atoms with Crippen molar-refractivity contribution in [2.45, 2.75) is 18.6 Å². The first-order valence-electron chi connectivity index (χ1n) is 9.64. The van der Waals surface area contributed by atoms with Crippen molar-refractivity contribution in [2.24, 2.45) is 0 Å². The van der Waals surface area contributed by atoms with E-state index in [1.54, 1.807) is 32.3 Å². The summed E-state index contributed by atoms with van der Waals surface area (Å²) in [6, 6.07) is 17.4. The lowest BCUT2D eigenvalue weighted by Gasteiger charge is -2.24. The van der Waals surface area contributed by atoms with Crippen LogP contribution in [0.1, 0.15) is 19.4 Å². The molecule has 4 rings (SSSR count). The number of hydrogen-bond donors (Lipinski definition) is 0. The number of sulfone groups is 1. The van der Waals surface area contributed by atoms with Crippen molar-refractivity contribution in [3.63, 3.8) is 0 Å². The van der Waals surface area contributed by atoms with Crippen LogP contribution in [0.15, 0.2) is 73.2 Å². The monoisotopic (exact) mass is 452 g/mol. The maximum Gasteiger partial charge on any atom is 0.165 e. The third kappa shape index (κ3) is 4.01. The van der Waals surface area contributed by atoms with E-state index in [1.165, 1.54) is 12.5 Å². The highest BCUT2D eigenvalue weighted by atomic mass is 35.5. The van der Waals surface area contributed by atoms with Gasteiger partial charge in [-0.25, -0.2) is 8.42 Å². The van der Waals surface area contributed by atoms with Gasteiger partial charge in [-0.2, -0.15) is 0 Å². The zero-order valence-electron chi connectivity index (χ0n) is 17.3. The quantitative estimate of drug-likeness (QED) is 0.384. The van der Waals surface area contributed by atoms with Crippen LogP contribution >= 0.6 is 11.9 Å². The summed E-state index contributed by atoms with van der Waals surface area (Å²) in [6.07, 6.45) is 6.27. The average molecular weight is 453 g/mol. The van der Waals surface area contributed by atoms with Crippen LogP contribution in [-0.2, 0) is 14.6 Å². The van der Waals surface area contributed by atoms with Crippen molar-refractivity contribution >= 4 is 32.6 Å². The molecule has 0 saturated carbocycles. The van der Waals surface area contributed by atoms with Crippen LogP contribution in [0.5, 0.6) is 5.75 Å². The van der Waals surface area contributed by atoms with Gasteiger partial charge in [-0.3, -0.25) is 9.97 Å². The molecule has 0 aliphatic heterocycles. The summed E-state index contributed by atoms with van der Waals surface area (Å²) in [4.78, 5) is 8.74. The van der Waals surface area contributed by atoms with E-state index < -0.39 is 14.6 Å². The minimum atomic E-state index is -3.34. The molecule has 2 aromatic heterocycles. The second kappa shape index (κ2) is 7.94. The van der Waals surface area contributed by atoms with Gasteiger partial charge in [-0.05, 0) is 60.9 Å². The van der Waals surface area contributed by atoms with Crippen LogP contribution < -0.4 is 4.29 Å². The summed E-state index contributed by atoms with van der Waals surface area (Å²) < 4.78 is 28.7. The molecule has 0 N–H and O–H groups in total. The van der Waals surface area contributed by atoms with Gasteiger partial charge in [0.25, 0.3) is 0 Å². The average Bonchev–Trinajstić information content (AvgIpc) is 2.77. The minimum Gasteiger partial charge on any atom is -0.384 e. The third-order valence-electron chi connectivity index (χ3n) is 5.64. The highest BCUT2D eigenvalue weighted by Crippen LogP contribution is 2.37. The molecule has 0 atom stereocenters. The molecule has 0 amide bonds. The van der Waals surface area contributed by atoms with Crippen LogP contribution in [0.3, 0.4) is 0 Å². The molecule has 4 aromatic rings. The molecule has 0 saturated heterocycles. The molecule has 158 valence electrons. The van der Waals surface area contributed by atoms with Crippen molar-refractivity contribution in [2.75, 3.05) is 6.26 Å². The number of pyridine rings is 2. The SMILES string of the molecule is CC(C)(c1cc(-c2cccc(-c3cncc(OCl)c3)c2)c2ncccc2c1)S(C)(=O)=O. The Morgan fingerprint density at radius 3 is 2.45 bits per heavy atom. The first kappa shape index (κ1) is 21.3. The van der Waals surface area contributed by atoms with Crippen molar-refractivity contribution in [1.29, 1.82) is 0 Å². The van der Waals surface area contributed by atoms with E-state index in [0.717, 1.165) is 38.7 Å². The van der Waals surface area contributed by atoms with Gasteiger partial charge in [0.15, 0.2) is 15.6 Å². The van der Waals surface area contributed by atoms with Gasteiger partial charge in [0.05, 0.1) is 16.5 Å². The van der Waals surface area contributed by atoms with Crippen molar-refractivity contribution < 1.29 is 12.7 Å². The Hall–Kier alpha value is -2.96. The summed E-state index contributed by atoms with van der Waals surface area (Å²) in [7, 11) is -3.34. The standard InChI is InChI=1S/C24H21ClN2O3S/c1-24(2,31(3,28)29)20-11-18-8-5-9-27-23(18)22(13-20)17-7-4-6-16(10-17)19-12-21(30-25)15-26-14-19/h4-15H,1-3H3. The van der Waals surface area contributed by atoms with E-state index in [1.807, 2.05) is 48.5 Å². The number of halogens is 1. The lowest BCUT2D eigenvalue weighted by molar-refractivity contribution is 0.561. The molecule has 0 unspecified atom stereocenters. The number of rotatable bonds is 5. The van der Waals surface area contributed by atoms with Gasteiger partial charge in [-0.1, -0.05) is 24.3 Å². The maximum absolute atomic E-state index is 12.5. The molecule has 2 aromatic carbocycles. The topological polar surface area (TPSA) is 69.2 Å².